The molecule has 1 aromatic rings. The lowest BCUT2D eigenvalue weighted by molar-refractivity contribution is -0.0979. The first-order chi connectivity index (χ1) is 9.58. The van der Waals surface area contributed by atoms with Crippen LogP contribution in [0.5, 0.6) is 0 Å². The van der Waals surface area contributed by atoms with Crippen LogP contribution < -0.4 is 0 Å². The van der Waals surface area contributed by atoms with E-state index in [0.717, 1.165) is 18.8 Å². The van der Waals surface area contributed by atoms with Crippen LogP contribution in [-0.4, -0.2) is 6.79 Å². The first kappa shape index (κ1) is 16.5. The average Bonchev–Trinajstić information content (AvgIpc) is 2.48. The van der Waals surface area contributed by atoms with Gasteiger partial charge >= 0.3 is 0 Å². The first-order valence-corrected chi connectivity index (χ1v) is 6.99. The van der Waals surface area contributed by atoms with Gasteiger partial charge in [0.15, 0.2) is 11.6 Å². The van der Waals surface area contributed by atoms with E-state index in [-0.39, 0.29) is 0 Å². The van der Waals surface area contributed by atoms with Crippen molar-refractivity contribution in [2.75, 3.05) is 0 Å². The molecule has 0 heterocycles. The van der Waals surface area contributed by atoms with Crippen molar-refractivity contribution in [3.63, 3.8) is 0 Å². The molecular weight excluding hydrogens is 258 g/mol. The van der Waals surface area contributed by atoms with E-state index in [2.05, 4.69) is 6.92 Å². The molecule has 2 rings (SSSR count). The van der Waals surface area contributed by atoms with Crippen molar-refractivity contribution in [1.82, 2.24) is 0 Å². The maximum atomic E-state index is 13.7. The number of aryl methyl sites for hydroxylation is 1. The quantitative estimate of drug-likeness (QED) is 0.751. The lowest BCUT2D eigenvalue weighted by atomic mass is 9.83. The Balaban J connectivity index is 0.000000956. The van der Waals surface area contributed by atoms with Crippen molar-refractivity contribution in [2.45, 2.75) is 39.5 Å². The molecule has 0 amide bonds. The van der Waals surface area contributed by atoms with Gasteiger partial charge in [0, 0.05) is 5.56 Å². The Hall–Kier alpha value is -1.51. The van der Waals surface area contributed by atoms with E-state index >= 15 is 0 Å². The molecule has 0 radical (unpaired) electrons. The Morgan fingerprint density at radius 1 is 1.10 bits per heavy atom. The topological polar surface area (TPSA) is 17.1 Å². The van der Waals surface area contributed by atoms with Gasteiger partial charge in [-0.3, -0.25) is 0 Å². The summed E-state index contributed by atoms with van der Waals surface area (Å²) < 4.78 is 27.1. The van der Waals surface area contributed by atoms with Gasteiger partial charge in [-0.2, -0.15) is 0 Å². The van der Waals surface area contributed by atoms with Gasteiger partial charge in [0.05, 0.1) is 0 Å². The summed E-state index contributed by atoms with van der Waals surface area (Å²) in [6.45, 7) is 5.85. The maximum Gasteiger partial charge on any atom is 0.166 e. The number of rotatable bonds is 2. The van der Waals surface area contributed by atoms with Gasteiger partial charge in [0.1, 0.15) is 6.79 Å². The third-order valence-electron chi connectivity index (χ3n) is 3.91. The van der Waals surface area contributed by atoms with E-state index in [1.165, 1.54) is 12.8 Å². The highest BCUT2D eigenvalue weighted by Crippen LogP contribution is 2.29. The minimum absolute atomic E-state index is 0.358. The molecule has 0 unspecified atom stereocenters. The number of hydrogen-bond acceptors (Lipinski definition) is 1. The number of carbonyl (C=O) groups is 1. The number of benzene rings is 1. The lowest BCUT2D eigenvalue weighted by Crippen LogP contribution is -2.10. The zero-order valence-electron chi connectivity index (χ0n) is 12.2. The van der Waals surface area contributed by atoms with E-state index in [1.54, 1.807) is 25.1 Å². The number of hydrogen-bond donors (Lipinski definition) is 0. The van der Waals surface area contributed by atoms with E-state index in [9.17, 15) is 8.78 Å². The first-order valence-electron chi connectivity index (χ1n) is 6.99. The number of allylic oxidation sites excluding steroid dienone is 1. The predicted molar refractivity (Wildman–Crippen MR) is 78.4 cm³/mol. The molecule has 1 aromatic carbocycles. The Bertz CT molecular complexity index is 460. The average molecular weight is 280 g/mol. The zero-order chi connectivity index (χ0) is 15.1. The van der Waals surface area contributed by atoms with Crippen LogP contribution in [0.25, 0.3) is 6.08 Å². The molecule has 0 N–H and O–H groups in total. The molecule has 0 atom stereocenters. The van der Waals surface area contributed by atoms with Crippen LogP contribution in [0.3, 0.4) is 0 Å². The van der Waals surface area contributed by atoms with Crippen LogP contribution in [-0.2, 0) is 4.79 Å². The number of halogens is 2. The van der Waals surface area contributed by atoms with Crippen LogP contribution in [0, 0.1) is 30.4 Å². The van der Waals surface area contributed by atoms with Gasteiger partial charge in [-0.05, 0) is 37.2 Å². The van der Waals surface area contributed by atoms with Crippen molar-refractivity contribution in [2.24, 2.45) is 11.8 Å². The van der Waals surface area contributed by atoms with Crippen LogP contribution in [0.4, 0.5) is 8.78 Å². The van der Waals surface area contributed by atoms with Crippen LogP contribution in [0.15, 0.2) is 18.2 Å². The van der Waals surface area contributed by atoms with Crippen molar-refractivity contribution in [1.29, 1.82) is 0 Å². The van der Waals surface area contributed by atoms with E-state index in [1.807, 2.05) is 12.9 Å². The monoisotopic (exact) mass is 280 g/mol. The second kappa shape index (κ2) is 7.93. The highest BCUT2D eigenvalue weighted by atomic mass is 19.2. The standard InChI is InChI=1S/C16H20F2.CH2O/c1-11-3-6-13(7-4-11)8-10-14-9-5-12(2)15(17)16(14)18;1-2/h5,8-11,13H,3-4,6-7H2,1-2H3;1H2. The van der Waals surface area contributed by atoms with E-state index < -0.39 is 11.6 Å². The van der Waals surface area contributed by atoms with Gasteiger partial charge in [-0.25, -0.2) is 8.78 Å². The molecule has 0 aromatic heterocycles. The Morgan fingerprint density at radius 3 is 2.30 bits per heavy atom. The van der Waals surface area contributed by atoms with Gasteiger partial charge in [0.2, 0.25) is 0 Å². The largest absolute Gasteiger partial charge is 0.307 e. The fraction of sp³-hybridized carbons (Fsp3) is 0.471. The van der Waals surface area contributed by atoms with Crippen molar-refractivity contribution >= 4 is 12.9 Å². The number of carbonyl (C=O) groups excluding carboxylic acids is 1. The van der Waals surface area contributed by atoms with Gasteiger partial charge in [-0.15, -0.1) is 0 Å². The van der Waals surface area contributed by atoms with Crippen LogP contribution >= 0.6 is 0 Å². The minimum Gasteiger partial charge on any atom is -0.307 e. The Labute approximate surface area is 119 Å². The second-order valence-corrected chi connectivity index (χ2v) is 5.48. The smallest absolute Gasteiger partial charge is 0.166 e. The highest BCUT2D eigenvalue weighted by molar-refractivity contribution is 5.51. The molecule has 0 bridgehead atoms. The highest BCUT2D eigenvalue weighted by Gasteiger charge is 2.16. The third-order valence-corrected chi connectivity index (χ3v) is 3.91. The summed E-state index contributed by atoms with van der Waals surface area (Å²) in [6.07, 6.45) is 8.57. The molecule has 3 heteroatoms. The maximum absolute atomic E-state index is 13.7. The molecule has 1 saturated carbocycles. The second-order valence-electron chi connectivity index (χ2n) is 5.48. The summed E-state index contributed by atoms with van der Waals surface area (Å²) in [5.74, 6) is -0.127. The molecule has 20 heavy (non-hydrogen) atoms. The van der Waals surface area contributed by atoms with Crippen molar-refractivity contribution < 1.29 is 13.6 Å². The molecule has 1 nitrogen and oxygen atoms in total. The molecule has 0 saturated heterocycles. The lowest BCUT2D eigenvalue weighted by Gasteiger charge is -2.23. The third kappa shape index (κ3) is 4.26. The van der Waals surface area contributed by atoms with Gasteiger partial charge < -0.3 is 4.79 Å². The zero-order valence-corrected chi connectivity index (χ0v) is 12.2. The molecule has 0 spiro atoms. The van der Waals surface area contributed by atoms with E-state index in [0.29, 0.717) is 17.0 Å². The SMILES string of the molecule is C=O.Cc1ccc(C=CC2CCC(C)CC2)c(F)c1F. The molecule has 1 aliphatic carbocycles. The van der Waals surface area contributed by atoms with Gasteiger partial charge in [-0.1, -0.05) is 44.1 Å². The summed E-state index contributed by atoms with van der Waals surface area (Å²) in [4.78, 5) is 8.00. The van der Waals surface area contributed by atoms with Crippen LogP contribution in [0.2, 0.25) is 0 Å². The van der Waals surface area contributed by atoms with Crippen molar-refractivity contribution in [3.05, 3.63) is 41.0 Å². The summed E-state index contributed by atoms with van der Waals surface area (Å²) in [5.41, 5.74) is 0.716. The fourth-order valence-corrected chi connectivity index (χ4v) is 2.51. The van der Waals surface area contributed by atoms with Crippen molar-refractivity contribution in [3.8, 4) is 0 Å². The molecule has 1 aliphatic rings. The summed E-state index contributed by atoms with van der Waals surface area (Å²) in [5, 5.41) is 0. The molecule has 110 valence electrons. The van der Waals surface area contributed by atoms with Crippen LogP contribution in [0.1, 0.15) is 43.7 Å². The molecular formula is C17H22F2O. The summed E-state index contributed by atoms with van der Waals surface area (Å²) >= 11 is 0. The Kier molecular flexibility index (Phi) is 6.56. The van der Waals surface area contributed by atoms with Gasteiger partial charge in [0.25, 0.3) is 0 Å². The summed E-state index contributed by atoms with van der Waals surface area (Å²) in [6, 6.07) is 3.27. The summed E-state index contributed by atoms with van der Waals surface area (Å²) in [7, 11) is 0. The minimum atomic E-state index is -0.727. The predicted octanol–water partition coefficient (Wildman–Crippen LogP) is 4.93. The Morgan fingerprint density at radius 2 is 1.70 bits per heavy atom. The molecule has 0 aliphatic heterocycles. The van der Waals surface area contributed by atoms with E-state index in [4.69, 9.17) is 4.79 Å². The fourth-order valence-electron chi connectivity index (χ4n) is 2.51. The molecule has 1 fully saturated rings. The normalized spacial score (nSPS) is 22.4.